The van der Waals surface area contributed by atoms with Gasteiger partial charge in [-0.25, -0.2) is 4.98 Å². The third kappa shape index (κ3) is 12.6. The van der Waals surface area contributed by atoms with Gasteiger partial charge in [-0.1, -0.05) is 0 Å². The Hall–Kier alpha value is 0.132. The van der Waals surface area contributed by atoms with E-state index in [1.54, 1.807) is 30.7 Å². The molecule has 1 heterocycles. The third-order valence-electron chi connectivity index (χ3n) is 2.50. The van der Waals surface area contributed by atoms with Gasteiger partial charge >= 0.3 is 93.9 Å². The number of nitrogens with zero attached hydrogens (tertiary/aromatic N) is 1. The van der Waals surface area contributed by atoms with E-state index in [1.807, 2.05) is 0 Å². The zero-order valence-corrected chi connectivity index (χ0v) is 16.9. The summed E-state index contributed by atoms with van der Waals surface area (Å²) in [6, 6.07) is 0. The molecule has 0 bridgehead atoms. The van der Waals surface area contributed by atoms with Crippen molar-refractivity contribution in [1.29, 1.82) is 0 Å². The molecular formula is C15H31N2Pb. The summed E-state index contributed by atoms with van der Waals surface area (Å²) in [4.78, 5) is 6.42. The largest absolute Gasteiger partial charge is 0.351 e. The molecule has 0 saturated heterocycles. The van der Waals surface area contributed by atoms with E-state index in [-0.39, 0.29) is 0 Å². The molecule has 1 rings (SSSR count). The first-order valence-electron chi connectivity index (χ1n) is 7.18. The molecule has 105 valence electrons. The van der Waals surface area contributed by atoms with E-state index in [4.69, 9.17) is 0 Å². The SMILES string of the molecule is CC(C)[CH2][Pb]([CH2]C(C)C)[CH2]C(C)C.c1c[nH]cn1. The first-order valence-corrected chi connectivity index (χ1v) is 15.4. The Balaban J connectivity index is 0.000000473. The van der Waals surface area contributed by atoms with Crippen molar-refractivity contribution in [2.45, 2.75) is 53.5 Å². The molecule has 1 N–H and O–H groups in total. The van der Waals surface area contributed by atoms with E-state index < -0.39 is 22.7 Å². The minimum absolute atomic E-state index is 0.958. The van der Waals surface area contributed by atoms with Crippen LogP contribution in [0, 0.1) is 17.8 Å². The van der Waals surface area contributed by atoms with Crippen LogP contribution in [0.1, 0.15) is 41.5 Å². The number of hydrogen-bond acceptors (Lipinski definition) is 1. The van der Waals surface area contributed by atoms with Crippen LogP contribution < -0.4 is 0 Å². The smallest absolute Gasteiger partial charge is 0.0919 e. The Bertz CT molecular complexity index is 214. The summed E-state index contributed by atoms with van der Waals surface area (Å²) in [6.45, 7) is 14.4. The maximum absolute atomic E-state index is 3.67. The molecule has 0 aliphatic rings. The minimum atomic E-state index is -1.14. The number of H-pyrrole nitrogens is 1. The zero-order valence-electron chi connectivity index (χ0n) is 13.0. The molecule has 2 nitrogen and oxygen atoms in total. The van der Waals surface area contributed by atoms with Crippen molar-refractivity contribution in [2.75, 3.05) is 0 Å². The van der Waals surface area contributed by atoms with Gasteiger partial charge in [-0.15, -0.1) is 0 Å². The average Bonchev–Trinajstić information content (AvgIpc) is 2.70. The molecule has 3 heteroatoms. The quantitative estimate of drug-likeness (QED) is 0.621. The first kappa shape index (κ1) is 18.1. The van der Waals surface area contributed by atoms with Crippen LogP contribution in [-0.2, 0) is 0 Å². The van der Waals surface area contributed by atoms with E-state index in [0.717, 1.165) is 17.8 Å². The molecule has 0 spiro atoms. The van der Waals surface area contributed by atoms with Crippen LogP contribution >= 0.6 is 0 Å². The van der Waals surface area contributed by atoms with Crippen LogP contribution in [0.5, 0.6) is 0 Å². The fraction of sp³-hybridized carbons (Fsp3) is 0.800. The van der Waals surface area contributed by atoms with E-state index in [9.17, 15) is 0 Å². The maximum atomic E-state index is 3.67. The van der Waals surface area contributed by atoms with Gasteiger partial charge in [-0.3, -0.25) is 0 Å². The van der Waals surface area contributed by atoms with Crippen molar-refractivity contribution in [3.8, 4) is 0 Å². The zero-order chi connectivity index (χ0) is 14.0. The minimum Gasteiger partial charge on any atom is -0.351 e. The molecule has 1 aromatic heterocycles. The summed E-state index contributed by atoms with van der Waals surface area (Å²) in [7, 11) is 0. The van der Waals surface area contributed by atoms with Crippen LogP contribution in [-0.4, -0.2) is 32.7 Å². The normalized spacial score (nSPS) is 11.2. The van der Waals surface area contributed by atoms with E-state index >= 15 is 0 Å². The van der Waals surface area contributed by atoms with E-state index in [2.05, 4.69) is 51.5 Å². The van der Waals surface area contributed by atoms with Gasteiger partial charge in [-0.05, 0) is 0 Å². The van der Waals surface area contributed by atoms with Crippen molar-refractivity contribution in [2.24, 2.45) is 17.8 Å². The van der Waals surface area contributed by atoms with Crippen molar-refractivity contribution in [3.05, 3.63) is 18.7 Å². The summed E-state index contributed by atoms with van der Waals surface area (Å²) in [5.41, 5.74) is 0. The topological polar surface area (TPSA) is 28.7 Å². The molecule has 0 fully saturated rings. The number of aromatic amines is 1. The third-order valence-corrected chi connectivity index (χ3v) is 18.8. The van der Waals surface area contributed by atoms with Crippen LogP contribution in [0.25, 0.3) is 0 Å². The van der Waals surface area contributed by atoms with Gasteiger partial charge in [0, 0.05) is 12.4 Å². The summed E-state index contributed by atoms with van der Waals surface area (Å²) >= 11 is -1.14. The second-order valence-electron chi connectivity index (χ2n) is 6.30. The summed E-state index contributed by atoms with van der Waals surface area (Å²) in [5, 5.41) is 0. The molecule has 1 radical (unpaired) electrons. The van der Waals surface area contributed by atoms with Gasteiger partial charge in [0.1, 0.15) is 0 Å². The molecule has 0 aliphatic heterocycles. The Morgan fingerprint density at radius 2 is 1.33 bits per heavy atom. The Labute approximate surface area is 122 Å². The molecule has 0 aromatic carbocycles. The van der Waals surface area contributed by atoms with Crippen LogP contribution in [0.2, 0.25) is 11.9 Å². The second kappa shape index (κ2) is 11.0. The molecule has 0 atom stereocenters. The Morgan fingerprint density at radius 3 is 1.50 bits per heavy atom. The van der Waals surface area contributed by atoms with Gasteiger partial charge in [0.05, 0.1) is 6.33 Å². The predicted octanol–water partition coefficient (Wildman–Crippen LogP) is 4.86. The predicted molar refractivity (Wildman–Crippen MR) is 83.3 cm³/mol. The molecule has 18 heavy (non-hydrogen) atoms. The Kier molecular flexibility index (Phi) is 11.1. The van der Waals surface area contributed by atoms with Crippen LogP contribution in [0.4, 0.5) is 0 Å². The Morgan fingerprint density at radius 1 is 0.889 bits per heavy atom. The van der Waals surface area contributed by atoms with Crippen LogP contribution in [0.15, 0.2) is 18.7 Å². The van der Waals surface area contributed by atoms with Crippen molar-refractivity contribution in [1.82, 2.24) is 9.97 Å². The summed E-state index contributed by atoms with van der Waals surface area (Å²) in [5.74, 6) is 2.87. The van der Waals surface area contributed by atoms with Gasteiger partial charge in [-0.2, -0.15) is 0 Å². The van der Waals surface area contributed by atoms with Crippen LogP contribution in [0.3, 0.4) is 0 Å². The molecular weight excluding hydrogens is 415 g/mol. The maximum Gasteiger partial charge on any atom is 0.0919 e. The standard InChI is InChI=1S/3C4H9.C3H4N2.Pb/c3*1-4(2)3;1-2-5-3-4-1;/h3*4H,1H2,2-3H3;1-3H,(H,4,5);. The molecule has 0 unspecified atom stereocenters. The number of rotatable bonds is 6. The average molecular weight is 447 g/mol. The number of imidazole rings is 1. The van der Waals surface area contributed by atoms with Gasteiger partial charge in [0.15, 0.2) is 0 Å². The molecule has 0 saturated carbocycles. The van der Waals surface area contributed by atoms with Crippen molar-refractivity contribution in [3.63, 3.8) is 0 Å². The molecule has 0 amide bonds. The van der Waals surface area contributed by atoms with E-state index in [0.29, 0.717) is 0 Å². The molecule has 0 aliphatic carbocycles. The summed E-state index contributed by atoms with van der Waals surface area (Å²) < 4.78 is 4.88. The fourth-order valence-corrected chi connectivity index (χ4v) is 17.6. The van der Waals surface area contributed by atoms with Gasteiger partial charge in [0.2, 0.25) is 0 Å². The van der Waals surface area contributed by atoms with Crippen molar-refractivity contribution >= 4 is 22.7 Å². The summed E-state index contributed by atoms with van der Waals surface area (Å²) in [6.07, 6.45) is 5.08. The first-order chi connectivity index (χ1) is 8.41. The fourth-order valence-electron chi connectivity index (χ4n) is 2.20. The monoisotopic (exact) mass is 447 g/mol. The van der Waals surface area contributed by atoms with E-state index in [1.165, 1.54) is 0 Å². The van der Waals surface area contributed by atoms with Gasteiger partial charge < -0.3 is 4.98 Å². The van der Waals surface area contributed by atoms with Gasteiger partial charge in [0.25, 0.3) is 0 Å². The number of hydrogen-bond donors (Lipinski definition) is 1. The number of aromatic nitrogens is 2. The number of nitrogens with one attached hydrogen (secondary N) is 1. The van der Waals surface area contributed by atoms with Crippen molar-refractivity contribution < 1.29 is 0 Å². The second-order valence-corrected chi connectivity index (χ2v) is 16.9. The molecule has 1 aromatic rings.